The minimum atomic E-state index is -3.32. The lowest BCUT2D eigenvalue weighted by atomic mass is 10.0. The van der Waals surface area contributed by atoms with E-state index < -0.39 is 23.3 Å². The number of hydrogen-bond donors (Lipinski definition) is 1. The minimum Gasteiger partial charge on any atom is -0.493 e. The van der Waals surface area contributed by atoms with Crippen molar-refractivity contribution >= 4 is 22.6 Å². The molecule has 2 aromatic carbocycles. The summed E-state index contributed by atoms with van der Waals surface area (Å²) in [4.78, 5) is 22.4. The summed E-state index contributed by atoms with van der Waals surface area (Å²) in [6.07, 6.45) is -0.313. The number of anilines is 1. The van der Waals surface area contributed by atoms with Crippen LogP contribution in [0.5, 0.6) is 11.5 Å². The third kappa shape index (κ3) is 5.93. The van der Waals surface area contributed by atoms with E-state index in [0.717, 1.165) is 6.07 Å². The summed E-state index contributed by atoms with van der Waals surface area (Å²) in [5.74, 6) is -2.61. The number of carbonyl (C=O) groups excluding carboxylic acids is 1. The number of rotatable bonds is 8. The van der Waals surface area contributed by atoms with Crippen molar-refractivity contribution < 1.29 is 32.2 Å². The van der Waals surface area contributed by atoms with E-state index in [4.69, 9.17) is 14.2 Å². The lowest BCUT2D eigenvalue weighted by molar-refractivity contribution is -0.137. The summed E-state index contributed by atoms with van der Waals surface area (Å²) in [5.41, 5.74) is -0.0219. The highest BCUT2D eigenvalue weighted by atomic mass is 19.3. The molecule has 0 aliphatic carbocycles. The van der Waals surface area contributed by atoms with Gasteiger partial charge in [-0.05, 0) is 19.9 Å². The maximum atomic E-state index is 15.0. The summed E-state index contributed by atoms with van der Waals surface area (Å²) in [7, 11) is 1.51. The molecule has 11 heteroatoms. The Labute approximate surface area is 219 Å². The highest BCUT2D eigenvalue weighted by Gasteiger charge is 2.30. The average molecular weight is 533 g/mol. The highest BCUT2D eigenvalue weighted by molar-refractivity contribution is 5.92. The fraction of sp³-hybridized carbons (Fsp3) is 0.444. The number of amides is 1. The summed E-state index contributed by atoms with van der Waals surface area (Å²) in [5, 5.41) is 3.72. The van der Waals surface area contributed by atoms with Crippen LogP contribution in [0.3, 0.4) is 0 Å². The van der Waals surface area contributed by atoms with Gasteiger partial charge < -0.3 is 24.4 Å². The zero-order valence-electron chi connectivity index (χ0n) is 22.0. The number of morpholine rings is 1. The van der Waals surface area contributed by atoms with Crippen molar-refractivity contribution in [2.45, 2.75) is 45.8 Å². The van der Waals surface area contributed by atoms with E-state index in [1.807, 2.05) is 0 Å². The van der Waals surface area contributed by atoms with Gasteiger partial charge in [-0.3, -0.25) is 4.79 Å². The van der Waals surface area contributed by atoms with Gasteiger partial charge in [0.2, 0.25) is 5.91 Å². The van der Waals surface area contributed by atoms with Gasteiger partial charge in [0.1, 0.15) is 30.2 Å². The van der Waals surface area contributed by atoms with Crippen molar-refractivity contribution in [3.63, 3.8) is 0 Å². The second-order valence-electron chi connectivity index (χ2n) is 9.37. The number of ether oxygens (including phenoxy) is 3. The number of carbonyl (C=O) groups is 1. The molecule has 1 aliphatic heterocycles. The molecule has 1 N–H and O–H groups in total. The minimum absolute atomic E-state index is 0.0245. The van der Waals surface area contributed by atoms with Gasteiger partial charge in [0, 0.05) is 37.4 Å². The molecule has 4 rings (SSSR count). The smallest absolute Gasteiger partial charge is 0.273 e. The molecule has 0 unspecified atom stereocenters. The number of alkyl halides is 2. The van der Waals surface area contributed by atoms with Crippen molar-refractivity contribution in [2.75, 3.05) is 38.7 Å². The normalized spacial score (nSPS) is 16.8. The molecule has 0 bridgehead atoms. The van der Waals surface area contributed by atoms with Crippen LogP contribution in [0.4, 0.5) is 19.0 Å². The topological polar surface area (TPSA) is 85.8 Å². The van der Waals surface area contributed by atoms with Gasteiger partial charge in [0.15, 0.2) is 11.5 Å². The van der Waals surface area contributed by atoms with Crippen molar-refractivity contribution in [2.24, 2.45) is 0 Å². The molecule has 38 heavy (non-hydrogen) atoms. The Bertz CT molecular complexity index is 1330. The van der Waals surface area contributed by atoms with E-state index in [0.29, 0.717) is 60.7 Å². The first-order valence-corrected chi connectivity index (χ1v) is 12.3. The van der Waals surface area contributed by atoms with E-state index in [9.17, 15) is 13.6 Å². The third-order valence-corrected chi connectivity index (χ3v) is 6.42. The summed E-state index contributed by atoms with van der Waals surface area (Å²) in [6.45, 7) is 7.12. The molecule has 1 aliphatic rings. The van der Waals surface area contributed by atoms with E-state index in [1.54, 1.807) is 30.9 Å². The second-order valence-corrected chi connectivity index (χ2v) is 9.37. The molecule has 204 valence electrons. The van der Waals surface area contributed by atoms with E-state index >= 15 is 4.39 Å². The van der Waals surface area contributed by atoms with Crippen LogP contribution < -0.4 is 14.8 Å². The standard InChI is InChI=1S/C27H31F3N4O4/c1-15(19-7-6-8-21(25(19)28)27(4,29)30)31-26-20-11-24(23(36-5)12-22(20)32-16(2)33-26)38-14-18-13-34(17(3)35)9-10-37-18/h6-8,11-12,15,18H,9-10,13-14H2,1-5H3,(H,31,32,33)/t15-,18+/m1/s1. The van der Waals surface area contributed by atoms with Crippen LogP contribution >= 0.6 is 0 Å². The molecule has 2 heterocycles. The SMILES string of the molecule is COc1cc2nc(C)nc(N[C@H](C)c3cccc(C(C)(F)F)c3F)c2cc1OC[C@@H]1CN(C(C)=O)CCO1. The van der Waals surface area contributed by atoms with Gasteiger partial charge in [-0.1, -0.05) is 18.2 Å². The monoisotopic (exact) mass is 532 g/mol. The van der Waals surface area contributed by atoms with Gasteiger partial charge in [0.05, 0.1) is 37.4 Å². The number of fused-ring (bicyclic) bond motifs is 1. The number of nitrogens with zero attached hydrogens (tertiary/aromatic N) is 3. The number of methoxy groups -OCH3 is 1. The van der Waals surface area contributed by atoms with Gasteiger partial charge in [0.25, 0.3) is 5.92 Å². The van der Waals surface area contributed by atoms with Crippen LogP contribution in [0.25, 0.3) is 10.9 Å². The zero-order valence-corrected chi connectivity index (χ0v) is 22.0. The fourth-order valence-corrected chi connectivity index (χ4v) is 4.43. The van der Waals surface area contributed by atoms with Crippen LogP contribution in [0.2, 0.25) is 0 Å². The summed E-state index contributed by atoms with van der Waals surface area (Å²) in [6, 6.07) is 6.68. The first kappa shape index (κ1) is 27.4. The van der Waals surface area contributed by atoms with Gasteiger partial charge >= 0.3 is 0 Å². The maximum absolute atomic E-state index is 15.0. The molecule has 0 spiro atoms. The molecule has 2 atom stereocenters. The Morgan fingerprint density at radius 2 is 2.05 bits per heavy atom. The first-order valence-electron chi connectivity index (χ1n) is 12.3. The number of benzene rings is 2. The maximum Gasteiger partial charge on any atom is 0.273 e. The summed E-state index contributed by atoms with van der Waals surface area (Å²) >= 11 is 0. The lowest BCUT2D eigenvalue weighted by Gasteiger charge is -2.32. The van der Waals surface area contributed by atoms with Gasteiger partial charge in [-0.25, -0.2) is 23.1 Å². The molecule has 1 fully saturated rings. The predicted octanol–water partition coefficient (Wildman–Crippen LogP) is 5.00. The summed E-state index contributed by atoms with van der Waals surface area (Å²) < 4.78 is 60.1. The number of nitrogens with one attached hydrogen (secondary N) is 1. The third-order valence-electron chi connectivity index (χ3n) is 6.42. The fourth-order valence-electron chi connectivity index (χ4n) is 4.43. The Morgan fingerprint density at radius 3 is 2.74 bits per heavy atom. The van der Waals surface area contributed by atoms with Crippen LogP contribution in [0.15, 0.2) is 30.3 Å². The van der Waals surface area contributed by atoms with E-state index in [2.05, 4.69) is 15.3 Å². The number of aromatic nitrogens is 2. The Hall–Kier alpha value is -3.60. The quantitative estimate of drug-likeness (QED) is 0.437. The van der Waals surface area contributed by atoms with Crippen LogP contribution in [0, 0.1) is 12.7 Å². The van der Waals surface area contributed by atoms with Crippen LogP contribution in [-0.2, 0) is 15.5 Å². The highest BCUT2D eigenvalue weighted by Crippen LogP contribution is 2.37. The zero-order chi connectivity index (χ0) is 27.6. The number of hydrogen-bond acceptors (Lipinski definition) is 7. The van der Waals surface area contributed by atoms with Crippen molar-refractivity contribution in [3.05, 3.63) is 53.1 Å². The molecular formula is C27H31F3N4O4. The van der Waals surface area contributed by atoms with E-state index in [-0.39, 0.29) is 24.2 Å². The van der Waals surface area contributed by atoms with Gasteiger partial charge in [-0.15, -0.1) is 0 Å². The molecule has 1 aromatic heterocycles. The van der Waals surface area contributed by atoms with Crippen LogP contribution in [0.1, 0.15) is 43.8 Å². The Morgan fingerprint density at radius 1 is 1.29 bits per heavy atom. The molecule has 3 aromatic rings. The van der Waals surface area contributed by atoms with Crippen molar-refractivity contribution in [1.82, 2.24) is 14.9 Å². The van der Waals surface area contributed by atoms with E-state index in [1.165, 1.54) is 26.2 Å². The number of aryl methyl sites for hydroxylation is 1. The Kier molecular flexibility index (Phi) is 7.96. The number of halogens is 3. The van der Waals surface area contributed by atoms with Gasteiger partial charge in [-0.2, -0.15) is 0 Å². The predicted molar refractivity (Wildman–Crippen MR) is 136 cm³/mol. The molecule has 0 saturated carbocycles. The average Bonchev–Trinajstić information content (AvgIpc) is 2.86. The molecule has 8 nitrogen and oxygen atoms in total. The second kappa shape index (κ2) is 11.0. The first-order chi connectivity index (χ1) is 18.0. The van der Waals surface area contributed by atoms with Crippen molar-refractivity contribution in [3.8, 4) is 11.5 Å². The molecule has 1 saturated heterocycles. The van der Waals surface area contributed by atoms with Crippen LogP contribution in [-0.4, -0.2) is 60.3 Å². The Balaban J connectivity index is 1.63. The molecule has 0 radical (unpaired) electrons. The largest absolute Gasteiger partial charge is 0.493 e. The molecular weight excluding hydrogens is 501 g/mol. The lowest BCUT2D eigenvalue weighted by Crippen LogP contribution is -2.46. The van der Waals surface area contributed by atoms with Crippen molar-refractivity contribution in [1.29, 1.82) is 0 Å². The molecule has 1 amide bonds.